The van der Waals surface area contributed by atoms with E-state index in [1.54, 1.807) is 4.57 Å². The lowest BCUT2D eigenvalue weighted by Crippen LogP contribution is -2.36. The van der Waals surface area contributed by atoms with Crippen LogP contribution in [-0.4, -0.2) is 45.7 Å². The van der Waals surface area contributed by atoms with Gasteiger partial charge < -0.3 is 14.6 Å². The Bertz CT molecular complexity index is 428. The van der Waals surface area contributed by atoms with Crippen LogP contribution in [0.15, 0.2) is 0 Å². The van der Waals surface area contributed by atoms with E-state index in [9.17, 15) is 4.79 Å². The average molecular weight is 244 g/mol. The van der Waals surface area contributed by atoms with E-state index in [-0.39, 0.29) is 5.82 Å². The van der Waals surface area contributed by atoms with Gasteiger partial charge in [0.2, 0.25) is 5.82 Å². The van der Waals surface area contributed by atoms with Gasteiger partial charge in [-0.3, -0.25) is 0 Å². The molecule has 1 aromatic heterocycles. The van der Waals surface area contributed by atoms with E-state index < -0.39 is 5.97 Å². The lowest BCUT2D eigenvalue weighted by Gasteiger charge is -2.29. The maximum atomic E-state index is 10.9. The Morgan fingerprint density at radius 2 is 2.31 bits per heavy atom. The Labute approximate surface area is 98.6 Å². The van der Waals surface area contributed by atoms with Crippen LogP contribution in [-0.2, 0) is 13.0 Å². The second kappa shape index (κ2) is 4.07. The molecular weight excluding hydrogens is 230 g/mol. The topological polar surface area (TPSA) is 58.4 Å². The SMILES string of the molecule is CN(C)C1CCn2c(C(=O)O)nc(Cl)c2C1. The third-order valence-electron chi connectivity index (χ3n) is 3.06. The van der Waals surface area contributed by atoms with E-state index >= 15 is 0 Å². The molecule has 0 aromatic carbocycles. The highest BCUT2D eigenvalue weighted by Crippen LogP contribution is 2.26. The predicted molar refractivity (Wildman–Crippen MR) is 60.0 cm³/mol. The molecule has 1 aromatic rings. The normalized spacial score (nSPS) is 19.9. The van der Waals surface area contributed by atoms with E-state index in [2.05, 4.69) is 9.88 Å². The van der Waals surface area contributed by atoms with Crippen LogP contribution in [0, 0.1) is 0 Å². The van der Waals surface area contributed by atoms with Crippen molar-refractivity contribution in [3.8, 4) is 0 Å². The van der Waals surface area contributed by atoms with Gasteiger partial charge in [0.25, 0.3) is 0 Å². The van der Waals surface area contributed by atoms with Crippen LogP contribution in [0.25, 0.3) is 0 Å². The van der Waals surface area contributed by atoms with Crippen molar-refractivity contribution in [2.75, 3.05) is 14.1 Å². The number of hydrogen-bond donors (Lipinski definition) is 1. The standard InChI is InChI=1S/C10H14ClN3O2/c1-13(2)6-3-4-14-7(5-6)8(11)12-9(14)10(15)16/h6H,3-5H2,1-2H3,(H,15,16). The first-order chi connectivity index (χ1) is 7.50. The summed E-state index contributed by atoms with van der Waals surface area (Å²) in [5.74, 6) is -0.964. The third-order valence-corrected chi connectivity index (χ3v) is 3.36. The fraction of sp³-hybridized carbons (Fsp3) is 0.600. The van der Waals surface area contributed by atoms with Crippen molar-refractivity contribution < 1.29 is 9.90 Å². The smallest absolute Gasteiger partial charge is 0.372 e. The molecule has 16 heavy (non-hydrogen) atoms. The van der Waals surface area contributed by atoms with Crippen LogP contribution in [0.3, 0.4) is 0 Å². The van der Waals surface area contributed by atoms with E-state index in [4.69, 9.17) is 16.7 Å². The summed E-state index contributed by atoms with van der Waals surface area (Å²) in [6.45, 7) is 0.666. The number of carbonyl (C=O) groups is 1. The summed E-state index contributed by atoms with van der Waals surface area (Å²) in [4.78, 5) is 17.0. The molecule has 0 spiro atoms. The molecule has 1 aliphatic rings. The van der Waals surface area contributed by atoms with Gasteiger partial charge in [-0.2, -0.15) is 0 Å². The summed E-state index contributed by atoms with van der Waals surface area (Å²) in [5.41, 5.74) is 0.837. The minimum Gasteiger partial charge on any atom is -0.475 e. The third kappa shape index (κ3) is 1.81. The van der Waals surface area contributed by atoms with Crippen LogP contribution in [0.2, 0.25) is 5.15 Å². The number of nitrogens with zero attached hydrogens (tertiary/aromatic N) is 3. The molecule has 1 N–H and O–H groups in total. The number of imidazole rings is 1. The molecule has 1 unspecified atom stereocenters. The fourth-order valence-corrected chi connectivity index (χ4v) is 2.36. The molecule has 5 nitrogen and oxygen atoms in total. The van der Waals surface area contributed by atoms with Crippen molar-refractivity contribution in [3.05, 3.63) is 16.7 Å². The number of aromatic carboxylic acids is 1. The van der Waals surface area contributed by atoms with Crippen LogP contribution in [0.4, 0.5) is 0 Å². The average Bonchev–Trinajstić information content (AvgIpc) is 2.56. The highest BCUT2D eigenvalue weighted by atomic mass is 35.5. The molecular formula is C10H14ClN3O2. The van der Waals surface area contributed by atoms with Gasteiger partial charge in [-0.05, 0) is 20.5 Å². The van der Waals surface area contributed by atoms with Crippen LogP contribution in [0.1, 0.15) is 22.7 Å². The zero-order valence-corrected chi connectivity index (χ0v) is 10.0. The quantitative estimate of drug-likeness (QED) is 0.846. The van der Waals surface area contributed by atoms with Gasteiger partial charge in [-0.25, -0.2) is 9.78 Å². The maximum absolute atomic E-state index is 10.9. The van der Waals surface area contributed by atoms with Crippen molar-refractivity contribution in [2.45, 2.75) is 25.4 Å². The second-order valence-electron chi connectivity index (χ2n) is 4.24. The highest BCUT2D eigenvalue weighted by Gasteiger charge is 2.28. The van der Waals surface area contributed by atoms with Gasteiger partial charge in [-0.15, -0.1) is 0 Å². The van der Waals surface area contributed by atoms with Gasteiger partial charge in [0.05, 0.1) is 5.69 Å². The van der Waals surface area contributed by atoms with Crippen molar-refractivity contribution in [2.24, 2.45) is 0 Å². The highest BCUT2D eigenvalue weighted by molar-refractivity contribution is 6.30. The Morgan fingerprint density at radius 1 is 1.62 bits per heavy atom. The Morgan fingerprint density at radius 3 is 2.88 bits per heavy atom. The zero-order valence-electron chi connectivity index (χ0n) is 9.27. The van der Waals surface area contributed by atoms with Gasteiger partial charge >= 0.3 is 5.97 Å². The van der Waals surface area contributed by atoms with Gasteiger partial charge in [0.1, 0.15) is 0 Å². The van der Waals surface area contributed by atoms with E-state index in [0.29, 0.717) is 17.7 Å². The number of hydrogen-bond acceptors (Lipinski definition) is 3. The number of rotatable bonds is 2. The molecule has 0 saturated heterocycles. The summed E-state index contributed by atoms with van der Waals surface area (Å²) >= 11 is 5.96. The van der Waals surface area contributed by atoms with Crippen molar-refractivity contribution in [1.82, 2.24) is 14.5 Å². The zero-order chi connectivity index (χ0) is 11.9. The molecule has 1 atom stereocenters. The van der Waals surface area contributed by atoms with Gasteiger partial charge in [0.15, 0.2) is 5.15 Å². The van der Waals surface area contributed by atoms with Crippen molar-refractivity contribution in [1.29, 1.82) is 0 Å². The molecule has 0 saturated carbocycles. The molecule has 2 heterocycles. The Hall–Kier alpha value is -1.07. The van der Waals surface area contributed by atoms with E-state index in [1.807, 2.05) is 14.1 Å². The number of carboxylic acid groups (broad SMARTS) is 1. The van der Waals surface area contributed by atoms with Gasteiger partial charge in [-0.1, -0.05) is 11.6 Å². The second-order valence-corrected chi connectivity index (χ2v) is 4.60. The molecule has 88 valence electrons. The van der Waals surface area contributed by atoms with Crippen LogP contribution in [0.5, 0.6) is 0 Å². The monoisotopic (exact) mass is 243 g/mol. The first-order valence-corrected chi connectivity index (χ1v) is 5.53. The molecule has 0 fully saturated rings. The number of fused-ring (bicyclic) bond motifs is 1. The van der Waals surface area contributed by atoms with Gasteiger partial charge in [0, 0.05) is 19.0 Å². The Kier molecular flexibility index (Phi) is 2.90. The molecule has 0 aliphatic carbocycles. The fourth-order valence-electron chi connectivity index (χ4n) is 2.10. The minimum atomic E-state index is -1.02. The van der Waals surface area contributed by atoms with E-state index in [1.165, 1.54) is 0 Å². The molecule has 6 heteroatoms. The van der Waals surface area contributed by atoms with Crippen LogP contribution < -0.4 is 0 Å². The lowest BCUT2D eigenvalue weighted by molar-refractivity contribution is 0.0675. The largest absolute Gasteiger partial charge is 0.475 e. The summed E-state index contributed by atoms with van der Waals surface area (Å²) < 4.78 is 1.71. The van der Waals surface area contributed by atoms with Crippen molar-refractivity contribution in [3.63, 3.8) is 0 Å². The summed E-state index contributed by atoms with van der Waals surface area (Å²) in [5, 5.41) is 9.30. The Balaban J connectivity index is 2.36. The predicted octanol–water partition coefficient (Wildman–Crippen LogP) is 1.11. The lowest BCUT2D eigenvalue weighted by atomic mass is 10.0. The molecule has 2 rings (SSSR count). The summed E-state index contributed by atoms with van der Waals surface area (Å²) in [7, 11) is 4.03. The van der Waals surface area contributed by atoms with E-state index in [0.717, 1.165) is 18.5 Å². The van der Waals surface area contributed by atoms with Crippen molar-refractivity contribution >= 4 is 17.6 Å². The number of halogens is 1. The molecule has 0 amide bonds. The minimum absolute atomic E-state index is 0.0530. The first-order valence-electron chi connectivity index (χ1n) is 5.15. The number of likely N-dealkylation sites (N-methyl/N-ethyl adjacent to an activating group) is 1. The number of carboxylic acids is 1. The molecule has 0 bridgehead atoms. The summed E-state index contributed by atoms with van der Waals surface area (Å²) in [6.07, 6.45) is 1.68. The molecule has 1 aliphatic heterocycles. The first kappa shape index (κ1) is 11.4. The number of aromatic nitrogens is 2. The maximum Gasteiger partial charge on any atom is 0.372 e. The molecule has 0 radical (unpaired) electrons. The summed E-state index contributed by atoms with van der Waals surface area (Å²) in [6, 6.07) is 0.406. The van der Waals surface area contributed by atoms with Crippen LogP contribution >= 0.6 is 11.6 Å².